The molecule has 9 nitrogen and oxygen atoms in total. The fourth-order valence-electron chi connectivity index (χ4n) is 3.16. The zero-order valence-corrected chi connectivity index (χ0v) is 18.5. The van der Waals surface area contributed by atoms with Crippen LogP contribution in [0.4, 0.5) is 11.4 Å². The van der Waals surface area contributed by atoms with Crippen molar-refractivity contribution in [3.05, 3.63) is 63.2 Å². The van der Waals surface area contributed by atoms with E-state index < -0.39 is 21.1 Å². The Morgan fingerprint density at radius 1 is 0.903 bits per heavy atom. The zero-order chi connectivity index (χ0) is 22.9. The first-order valence-electron chi connectivity index (χ1n) is 9.62. The molecule has 31 heavy (non-hydrogen) atoms. The van der Waals surface area contributed by atoms with E-state index in [-0.39, 0.29) is 22.4 Å². The first-order chi connectivity index (χ1) is 14.5. The third kappa shape index (κ3) is 4.69. The van der Waals surface area contributed by atoms with Gasteiger partial charge in [0.2, 0.25) is 5.91 Å². The lowest BCUT2D eigenvalue weighted by atomic mass is 10.1. The summed E-state index contributed by atoms with van der Waals surface area (Å²) in [6, 6.07) is 10.4. The van der Waals surface area contributed by atoms with E-state index in [1.165, 1.54) is 59.6 Å². The van der Waals surface area contributed by atoms with Gasteiger partial charge >= 0.3 is 11.1 Å². The molecule has 0 saturated carbocycles. The Labute approximate surface area is 179 Å². The number of aromatic nitrogens is 2. The molecule has 1 aromatic heterocycles. The van der Waals surface area contributed by atoms with Gasteiger partial charge in [0.15, 0.2) is 0 Å². The second kappa shape index (κ2) is 8.38. The number of rotatable bonds is 6. The van der Waals surface area contributed by atoms with Crippen LogP contribution in [-0.2, 0) is 28.9 Å². The summed E-state index contributed by atoms with van der Waals surface area (Å²) in [4.78, 5) is 35.9. The summed E-state index contributed by atoms with van der Waals surface area (Å²) < 4.78 is 30.4. The predicted molar refractivity (Wildman–Crippen MR) is 120 cm³/mol. The average Bonchev–Trinajstić information content (AvgIpc) is 2.70. The number of carbonyl (C=O) groups excluding carboxylic acids is 1. The van der Waals surface area contributed by atoms with Crippen molar-refractivity contribution >= 4 is 38.3 Å². The molecule has 0 aliphatic carbocycles. The minimum atomic E-state index is -3.91. The second-order valence-electron chi connectivity index (χ2n) is 7.71. The third-order valence-corrected chi connectivity index (χ3v) is 6.18. The molecule has 10 heteroatoms. The summed E-state index contributed by atoms with van der Waals surface area (Å²) >= 11 is 0. The van der Waals surface area contributed by atoms with E-state index >= 15 is 0 Å². The standard InChI is InChI=1S/C21H24N4O5S/c1-13(2)11-19(26)22-14-5-8-16(9-6-14)31(29,30)23-15-7-10-17-18(12-15)25(4)21(28)20(27)24(17)3/h5-10,12-13,23H,11H2,1-4H3,(H,22,26). The maximum Gasteiger partial charge on any atom is 0.316 e. The van der Waals surface area contributed by atoms with Crippen molar-refractivity contribution in [3.63, 3.8) is 0 Å². The molecule has 0 fully saturated rings. The van der Waals surface area contributed by atoms with Gasteiger partial charge in [-0.25, -0.2) is 8.42 Å². The molecule has 0 atom stereocenters. The number of fused-ring (bicyclic) bond motifs is 1. The van der Waals surface area contributed by atoms with Crippen LogP contribution in [-0.4, -0.2) is 23.5 Å². The Bertz CT molecular complexity index is 1370. The van der Waals surface area contributed by atoms with Crippen LogP contribution in [0.2, 0.25) is 0 Å². The van der Waals surface area contributed by atoms with E-state index in [0.29, 0.717) is 23.1 Å². The molecule has 2 N–H and O–H groups in total. The fourth-order valence-corrected chi connectivity index (χ4v) is 4.21. The van der Waals surface area contributed by atoms with Crippen molar-refractivity contribution in [1.82, 2.24) is 9.13 Å². The molecule has 0 spiro atoms. The van der Waals surface area contributed by atoms with Gasteiger partial charge < -0.3 is 14.5 Å². The zero-order valence-electron chi connectivity index (χ0n) is 17.7. The van der Waals surface area contributed by atoms with Crippen molar-refractivity contribution in [3.8, 4) is 0 Å². The Kier molecular flexibility index (Phi) is 6.03. The van der Waals surface area contributed by atoms with E-state index in [2.05, 4.69) is 10.0 Å². The van der Waals surface area contributed by atoms with Crippen molar-refractivity contribution in [2.45, 2.75) is 25.2 Å². The van der Waals surface area contributed by atoms with Crippen LogP contribution < -0.4 is 21.2 Å². The lowest BCUT2D eigenvalue weighted by Gasteiger charge is -2.13. The summed E-state index contributed by atoms with van der Waals surface area (Å²) in [7, 11) is -0.968. The number of amides is 1. The van der Waals surface area contributed by atoms with Gasteiger partial charge in [0.05, 0.1) is 21.6 Å². The van der Waals surface area contributed by atoms with E-state index in [1.807, 2.05) is 13.8 Å². The van der Waals surface area contributed by atoms with Crippen LogP contribution in [0.3, 0.4) is 0 Å². The number of hydrogen-bond acceptors (Lipinski definition) is 5. The molecule has 2 aromatic carbocycles. The van der Waals surface area contributed by atoms with Crippen LogP contribution >= 0.6 is 0 Å². The Morgan fingerprint density at radius 3 is 2.03 bits per heavy atom. The quantitative estimate of drug-likeness (QED) is 0.564. The van der Waals surface area contributed by atoms with Crippen LogP contribution in [0, 0.1) is 5.92 Å². The van der Waals surface area contributed by atoms with Crippen LogP contribution in [0.25, 0.3) is 11.0 Å². The molecule has 1 heterocycles. The number of aryl methyl sites for hydroxylation is 2. The topological polar surface area (TPSA) is 119 Å². The highest BCUT2D eigenvalue weighted by Gasteiger charge is 2.16. The average molecular weight is 445 g/mol. The van der Waals surface area contributed by atoms with Gasteiger partial charge in [0.25, 0.3) is 10.0 Å². The summed E-state index contributed by atoms with van der Waals surface area (Å²) in [6.07, 6.45) is 0.373. The predicted octanol–water partition coefficient (Wildman–Crippen LogP) is 2.02. The summed E-state index contributed by atoms with van der Waals surface area (Å²) in [6.45, 7) is 3.87. The van der Waals surface area contributed by atoms with Crippen molar-refractivity contribution in [1.29, 1.82) is 0 Å². The summed E-state index contributed by atoms with van der Waals surface area (Å²) in [5.74, 6) is 0.0765. The van der Waals surface area contributed by atoms with Crippen LogP contribution in [0.15, 0.2) is 56.9 Å². The normalized spacial score (nSPS) is 11.6. The van der Waals surface area contributed by atoms with Crippen molar-refractivity contribution < 1.29 is 13.2 Å². The maximum atomic E-state index is 12.8. The molecular weight excluding hydrogens is 420 g/mol. The molecule has 0 aliphatic heterocycles. The first kappa shape index (κ1) is 22.3. The maximum absolute atomic E-state index is 12.8. The van der Waals surface area contributed by atoms with E-state index in [1.54, 1.807) is 6.07 Å². The van der Waals surface area contributed by atoms with Crippen LogP contribution in [0.5, 0.6) is 0 Å². The van der Waals surface area contributed by atoms with E-state index in [0.717, 1.165) is 0 Å². The number of hydrogen-bond donors (Lipinski definition) is 2. The number of carbonyl (C=O) groups is 1. The lowest BCUT2D eigenvalue weighted by molar-refractivity contribution is -0.116. The molecule has 164 valence electrons. The van der Waals surface area contributed by atoms with Gasteiger partial charge in [-0.3, -0.25) is 19.1 Å². The van der Waals surface area contributed by atoms with Crippen molar-refractivity contribution in [2.24, 2.45) is 20.0 Å². The highest BCUT2D eigenvalue weighted by molar-refractivity contribution is 7.92. The number of sulfonamides is 1. The largest absolute Gasteiger partial charge is 0.326 e. The molecule has 0 unspecified atom stereocenters. The minimum Gasteiger partial charge on any atom is -0.326 e. The molecule has 0 aliphatic rings. The smallest absolute Gasteiger partial charge is 0.316 e. The lowest BCUT2D eigenvalue weighted by Crippen LogP contribution is -2.39. The van der Waals surface area contributed by atoms with Gasteiger partial charge in [-0.2, -0.15) is 0 Å². The Hall–Kier alpha value is -3.40. The van der Waals surface area contributed by atoms with Crippen molar-refractivity contribution in [2.75, 3.05) is 10.0 Å². The van der Waals surface area contributed by atoms with Gasteiger partial charge in [0.1, 0.15) is 0 Å². The molecule has 0 bridgehead atoms. The Balaban J connectivity index is 1.87. The SMILES string of the molecule is CC(C)CC(=O)Nc1ccc(S(=O)(=O)Nc2ccc3c(c2)n(C)c(=O)c(=O)n3C)cc1. The van der Waals surface area contributed by atoms with Gasteiger partial charge in [0, 0.05) is 26.2 Å². The highest BCUT2D eigenvalue weighted by Crippen LogP contribution is 2.21. The monoisotopic (exact) mass is 444 g/mol. The molecule has 0 saturated heterocycles. The second-order valence-corrected chi connectivity index (χ2v) is 9.39. The molecule has 3 aromatic rings. The van der Waals surface area contributed by atoms with E-state index in [4.69, 9.17) is 0 Å². The highest BCUT2D eigenvalue weighted by atomic mass is 32.2. The van der Waals surface area contributed by atoms with Crippen LogP contribution in [0.1, 0.15) is 20.3 Å². The summed E-state index contributed by atoms with van der Waals surface area (Å²) in [5.41, 5.74) is 0.294. The number of anilines is 2. The first-order valence-corrected chi connectivity index (χ1v) is 11.1. The van der Waals surface area contributed by atoms with Gasteiger partial charge in [-0.15, -0.1) is 0 Å². The number of nitrogens with zero attached hydrogens (tertiary/aromatic N) is 2. The minimum absolute atomic E-state index is 0.0174. The number of benzene rings is 2. The molecule has 0 radical (unpaired) electrons. The molecule has 1 amide bonds. The van der Waals surface area contributed by atoms with Gasteiger partial charge in [-0.05, 0) is 48.4 Å². The molecule has 3 rings (SSSR count). The van der Waals surface area contributed by atoms with E-state index in [9.17, 15) is 22.8 Å². The summed E-state index contributed by atoms with van der Waals surface area (Å²) in [5, 5.41) is 2.73. The number of nitrogens with one attached hydrogen (secondary N) is 2. The van der Waals surface area contributed by atoms with Gasteiger partial charge in [-0.1, -0.05) is 13.8 Å². The fraction of sp³-hybridized carbons (Fsp3) is 0.286. The molecular formula is C21H24N4O5S. The third-order valence-electron chi connectivity index (χ3n) is 4.78. The Morgan fingerprint density at radius 2 is 1.45 bits per heavy atom.